The number of carboxylic acid groups (broad SMARTS) is 1. The van der Waals surface area contributed by atoms with Crippen LogP contribution in [-0.2, 0) is 6.42 Å². The Hall–Kier alpha value is -1.65. The Morgan fingerprint density at radius 3 is 2.64 bits per heavy atom. The van der Waals surface area contributed by atoms with Crippen molar-refractivity contribution >= 4 is 11.7 Å². The van der Waals surface area contributed by atoms with Gasteiger partial charge in [0.2, 0.25) is 0 Å². The molecule has 3 N–H and O–H groups in total. The minimum absolute atomic E-state index is 0.0963. The predicted molar refractivity (Wildman–Crippen MR) is 52.1 cm³/mol. The quantitative estimate of drug-likeness (QED) is 0.751. The normalized spacial score (nSPS) is 10.1. The summed E-state index contributed by atoms with van der Waals surface area (Å²) in [5.41, 5.74) is 6.13. The summed E-state index contributed by atoms with van der Waals surface area (Å²) < 4.78 is 0. The molecule has 0 aliphatic carbocycles. The molecule has 0 bridgehead atoms. The average molecular weight is 195 g/mol. The van der Waals surface area contributed by atoms with Crippen molar-refractivity contribution in [1.82, 2.24) is 9.97 Å². The number of aryl methyl sites for hydroxylation is 2. The average Bonchev–Trinajstić information content (AvgIpc) is 2.11. The van der Waals surface area contributed by atoms with Crippen molar-refractivity contribution in [2.45, 2.75) is 26.7 Å². The van der Waals surface area contributed by atoms with Gasteiger partial charge in [-0.05, 0) is 13.3 Å². The van der Waals surface area contributed by atoms with E-state index >= 15 is 0 Å². The van der Waals surface area contributed by atoms with Crippen molar-refractivity contribution in [3.8, 4) is 0 Å². The van der Waals surface area contributed by atoms with E-state index in [4.69, 9.17) is 10.8 Å². The molecule has 1 aromatic heterocycles. The van der Waals surface area contributed by atoms with Crippen molar-refractivity contribution in [3.05, 3.63) is 17.2 Å². The molecular formula is C9H13N3O2. The highest BCUT2D eigenvalue weighted by molar-refractivity contribution is 5.91. The fourth-order valence-corrected chi connectivity index (χ4v) is 1.14. The number of hydrogen-bond donors (Lipinski definition) is 2. The molecule has 0 spiro atoms. The lowest BCUT2D eigenvalue weighted by Gasteiger charge is -2.05. The van der Waals surface area contributed by atoms with Gasteiger partial charge in [-0.15, -0.1) is 0 Å². The zero-order valence-corrected chi connectivity index (χ0v) is 8.24. The Labute approximate surface area is 82.0 Å². The standard InChI is InChI=1S/C9H13N3O2/c1-3-4-6-11-5(2)7(10)8(12-6)9(13)14/h3-4,10H2,1-2H3,(H,13,14). The monoisotopic (exact) mass is 195 g/mol. The maximum atomic E-state index is 10.8. The van der Waals surface area contributed by atoms with Crippen molar-refractivity contribution < 1.29 is 9.90 Å². The summed E-state index contributed by atoms with van der Waals surface area (Å²) in [6.07, 6.45) is 1.55. The first-order valence-corrected chi connectivity index (χ1v) is 4.42. The first-order chi connectivity index (χ1) is 6.56. The summed E-state index contributed by atoms with van der Waals surface area (Å²) in [4.78, 5) is 18.8. The Bertz CT molecular complexity index is 363. The molecule has 0 atom stereocenters. The van der Waals surface area contributed by atoms with Crippen LogP contribution in [0.15, 0.2) is 0 Å². The van der Waals surface area contributed by atoms with Gasteiger partial charge in [-0.1, -0.05) is 6.92 Å². The van der Waals surface area contributed by atoms with Gasteiger partial charge in [-0.3, -0.25) is 0 Å². The van der Waals surface area contributed by atoms with Crippen LogP contribution >= 0.6 is 0 Å². The molecule has 76 valence electrons. The highest BCUT2D eigenvalue weighted by Crippen LogP contribution is 2.13. The van der Waals surface area contributed by atoms with Gasteiger partial charge in [0.1, 0.15) is 5.82 Å². The SMILES string of the molecule is CCCc1nc(C)c(N)c(C(=O)O)n1. The lowest BCUT2D eigenvalue weighted by atomic mass is 10.2. The largest absolute Gasteiger partial charge is 0.476 e. The van der Waals surface area contributed by atoms with Crippen LogP contribution in [-0.4, -0.2) is 21.0 Å². The van der Waals surface area contributed by atoms with E-state index in [9.17, 15) is 4.79 Å². The maximum absolute atomic E-state index is 10.8. The van der Waals surface area contributed by atoms with Gasteiger partial charge in [-0.2, -0.15) is 0 Å². The van der Waals surface area contributed by atoms with Crippen LogP contribution in [0.25, 0.3) is 0 Å². The molecule has 0 unspecified atom stereocenters. The summed E-state index contributed by atoms with van der Waals surface area (Å²) in [6, 6.07) is 0. The van der Waals surface area contributed by atoms with Crippen molar-refractivity contribution in [3.63, 3.8) is 0 Å². The molecule has 0 amide bonds. The summed E-state index contributed by atoms with van der Waals surface area (Å²) in [5.74, 6) is -0.568. The van der Waals surface area contributed by atoms with Gasteiger partial charge in [0, 0.05) is 6.42 Å². The van der Waals surface area contributed by atoms with Crippen LogP contribution in [0.3, 0.4) is 0 Å². The summed E-state index contributed by atoms with van der Waals surface area (Å²) in [5, 5.41) is 8.81. The van der Waals surface area contributed by atoms with Gasteiger partial charge in [0.15, 0.2) is 5.69 Å². The third-order valence-corrected chi connectivity index (χ3v) is 1.86. The number of carbonyl (C=O) groups is 1. The molecule has 0 aliphatic rings. The highest BCUT2D eigenvalue weighted by Gasteiger charge is 2.14. The van der Waals surface area contributed by atoms with Crippen molar-refractivity contribution in [2.24, 2.45) is 0 Å². The first kappa shape index (κ1) is 10.4. The van der Waals surface area contributed by atoms with Crippen LogP contribution in [0.5, 0.6) is 0 Å². The van der Waals surface area contributed by atoms with Gasteiger partial charge >= 0.3 is 5.97 Å². The molecule has 1 heterocycles. The van der Waals surface area contributed by atoms with E-state index in [1.54, 1.807) is 6.92 Å². The van der Waals surface area contributed by atoms with Crippen LogP contribution < -0.4 is 5.73 Å². The lowest BCUT2D eigenvalue weighted by molar-refractivity contribution is 0.0691. The molecule has 5 heteroatoms. The van der Waals surface area contributed by atoms with E-state index in [2.05, 4.69) is 9.97 Å². The predicted octanol–water partition coefficient (Wildman–Crippen LogP) is 1.02. The maximum Gasteiger partial charge on any atom is 0.356 e. The first-order valence-electron chi connectivity index (χ1n) is 4.42. The fraction of sp³-hybridized carbons (Fsp3) is 0.444. The van der Waals surface area contributed by atoms with Crippen molar-refractivity contribution in [2.75, 3.05) is 5.73 Å². The lowest BCUT2D eigenvalue weighted by Crippen LogP contribution is -2.11. The Morgan fingerprint density at radius 2 is 2.14 bits per heavy atom. The van der Waals surface area contributed by atoms with E-state index in [0.717, 1.165) is 6.42 Å². The molecule has 0 saturated heterocycles. The van der Waals surface area contributed by atoms with Gasteiger partial charge < -0.3 is 10.8 Å². The number of hydrogen-bond acceptors (Lipinski definition) is 4. The second-order valence-electron chi connectivity index (χ2n) is 3.04. The second kappa shape index (κ2) is 4.04. The molecule has 0 saturated carbocycles. The van der Waals surface area contributed by atoms with Gasteiger partial charge in [0.05, 0.1) is 11.4 Å². The molecule has 0 fully saturated rings. The molecular weight excluding hydrogens is 182 g/mol. The number of carboxylic acids is 1. The summed E-state index contributed by atoms with van der Waals surface area (Å²) in [6.45, 7) is 3.66. The van der Waals surface area contributed by atoms with Gasteiger partial charge in [-0.25, -0.2) is 14.8 Å². The van der Waals surface area contributed by atoms with Crippen LogP contribution in [0.4, 0.5) is 5.69 Å². The van der Waals surface area contributed by atoms with Crippen LogP contribution in [0, 0.1) is 6.92 Å². The smallest absolute Gasteiger partial charge is 0.356 e. The number of aromatic nitrogens is 2. The third kappa shape index (κ3) is 1.99. The molecule has 5 nitrogen and oxygen atoms in total. The molecule has 14 heavy (non-hydrogen) atoms. The minimum atomic E-state index is -1.11. The van der Waals surface area contributed by atoms with Crippen LogP contribution in [0.1, 0.15) is 35.4 Å². The number of aromatic carboxylic acids is 1. The summed E-state index contributed by atoms with van der Waals surface area (Å²) in [7, 11) is 0. The number of rotatable bonds is 3. The molecule has 0 radical (unpaired) electrons. The van der Waals surface area contributed by atoms with E-state index in [1.165, 1.54) is 0 Å². The van der Waals surface area contributed by atoms with E-state index < -0.39 is 5.97 Å². The minimum Gasteiger partial charge on any atom is -0.476 e. The number of nitrogen functional groups attached to an aromatic ring is 1. The fourth-order valence-electron chi connectivity index (χ4n) is 1.14. The molecule has 0 aliphatic heterocycles. The van der Waals surface area contributed by atoms with Crippen LogP contribution in [0.2, 0.25) is 0 Å². The summed E-state index contributed by atoms with van der Waals surface area (Å²) >= 11 is 0. The highest BCUT2D eigenvalue weighted by atomic mass is 16.4. The van der Waals surface area contributed by atoms with Gasteiger partial charge in [0.25, 0.3) is 0 Å². The van der Waals surface area contributed by atoms with E-state index in [-0.39, 0.29) is 11.4 Å². The second-order valence-corrected chi connectivity index (χ2v) is 3.04. The number of anilines is 1. The number of nitrogens with zero attached hydrogens (tertiary/aromatic N) is 2. The van der Waals surface area contributed by atoms with E-state index in [0.29, 0.717) is 17.9 Å². The zero-order valence-electron chi connectivity index (χ0n) is 8.24. The third-order valence-electron chi connectivity index (χ3n) is 1.86. The molecule has 1 aromatic rings. The topological polar surface area (TPSA) is 89.1 Å². The Kier molecular flexibility index (Phi) is 3.01. The number of nitrogens with two attached hydrogens (primary N) is 1. The zero-order chi connectivity index (χ0) is 10.7. The molecule has 0 aromatic carbocycles. The molecule has 1 rings (SSSR count). The Morgan fingerprint density at radius 1 is 1.50 bits per heavy atom. The Balaban J connectivity index is 3.21. The van der Waals surface area contributed by atoms with E-state index in [1.807, 2.05) is 6.92 Å². The van der Waals surface area contributed by atoms with Crippen molar-refractivity contribution in [1.29, 1.82) is 0 Å².